The summed E-state index contributed by atoms with van der Waals surface area (Å²) in [6.45, 7) is 6.80. The average molecular weight is 284 g/mol. The van der Waals surface area contributed by atoms with Crippen LogP contribution in [0.1, 0.15) is 49.7 Å². The molecule has 19 heavy (non-hydrogen) atoms. The van der Waals surface area contributed by atoms with Crippen molar-refractivity contribution in [3.63, 3.8) is 0 Å². The fourth-order valence-electron chi connectivity index (χ4n) is 1.77. The lowest BCUT2D eigenvalue weighted by molar-refractivity contribution is 0.0944. The molecule has 0 aliphatic heterocycles. The van der Waals surface area contributed by atoms with Crippen LogP contribution in [-0.2, 0) is 0 Å². The number of Topliss-reactive ketones (excluding diaryl/α,β-unsaturated/α-hetero) is 1. The first-order chi connectivity index (χ1) is 9.02. The predicted molar refractivity (Wildman–Crippen MR) is 82.5 cm³/mol. The summed E-state index contributed by atoms with van der Waals surface area (Å²) in [6.07, 6.45) is 3.47. The van der Waals surface area contributed by atoms with Gasteiger partial charge in [0.15, 0.2) is 11.5 Å². The number of thiophene rings is 1. The number of rotatable bonds is 8. The van der Waals surface area contributed by atoms with E-state index in [4.69, 9.17) is 10.5 Å². The molecule has 3 N–H and O–H groups in total. The number of methoxy groups -OCH3 is 1. The molecule has 0 saturated carbocycles. The molecule has 1 aromatic heterocycles. The van der Waals surface area contributed by atoms with Crippen LogP contribution in [0, 0.1) is 5.92 Å². The van der Waals surface area contributed by atoms with Crippen LogP contribution >= 0.6 is 11.3 Å². The highest BCUT2D eigenvalue weighted by Crippen LogP contribution is 2.43. The monoisotopic (exact) mass is 284 g/mol. The number of ether oxygens (including phenoxy) is 1. The summed E-state index contributed by atoms with van der Waals surface area (Å²) in [4.78, 5) is 12.7. The van der Waals surface area contributed by atoms with E-state index in [1.807, 2.05) is 13.8 Å². The quantitative estimate of drug-likeness (QED) is 0.563. The molecule has 0 atom stereocenters. The Bertz CT molecular complexity index is 427. The van der Waals surface area contributed by atoms with Gasteiger partial charge in [0.2, 0.25) is 0 Å². The molecule has 108 valence electrons. The van der Waals surface area contributed by atoms with Gasteiger partial charge in [-0.2, -0.15) is 0 Å². The van der Waals surface area contributed by atoms with E-state index in [9.17, 15) is 4.79 Å². The zero-order chi connectivity index (χ0) is 14.4. The average Bonchev–Trinajstić information content (AvgIpc) is 2.70. The Hall–Kier alpha value is -1.23. The van der Waals surface area contributed by atoms with Gasteiger partial charge in [-0.1, -0.05) is 33.6 Å². The molecule has 0 radical (unpaired) electrons. The lowest BCUT2D eigenvalue weighted by Gasteiger charge is -2.06. The lowest BCUT2D eigenvalue weighted by Crippen LogP contribution is -2.07. The van der Waals surface area contributed by atoms with Crippen molar-refractivity contribution < 1.29 is 9.53 Å². The minimum absolute atomic E-state index is 0.0569. The zero-order valence-electron chi connectivity index (χ0n) is 12.2. The Kier molecular flexibility index (Phi) is 6.15. The molecule has 0 bridgehead atoms. The maximum absolute atomic E-state index is 12.1. The molecule has 0 amide bonds. The normalized spacial score (nSPS) is 10.8. The Labute approximate surface area is 119 Å². The van der Waals surface area contributed by atoms with E-state index in [2.05, 4.69) is 12.2 Å². The number of hydrogen-bond donors (Lipinski definition) is 2. The molecule has 1 rings (SSSR count). The zero-order valence-corrected chi connectivity index (χ0v) is 13.0. The molecule has 1 aromatic rings. The van der Waals surface area contributed by atoms with Crippen molar-refractivity contribution in [3.8, 4) is 5.75 Å². The number of nitrogens with one attached hydrogen (secondary N) is 1. The van der Waals surface area contributed by atoms with Gasteiger partial charge in [0.1, 0.15) is 5.00 Å². The predicted octanol–water partition coefficient (Wildman–Crippen LogP) is 3.78. The van der Waals surface area contributed by atoms with Crippen LogP contribution in [-0.4, -0.2) is 19.4 Å². The van der Waals surface area contributed by atoms with Crippen molar-refractivity contribution in [2.45, 2.75) is 40.0 Å². The minimum atomic E-state index is -0.0569. The van der Waals surface area contributed by atoms with Gasteiger partial charge in [0.05, 0.1) is 17.7 Å². The molecular formula is C14H24N2O2S. The number of ketones is 1. The van der Waals surface area contributed by atoms with Crippen molar-refractivity contribution >= 4 is 27.8 Å². The second kappa shape index (κ2) is 7.38. The molecular weight excluding hydrogens is 260 g/mol. The van der Waals surface area contributed by atoms with Gasteiger partial charge in [-0.15, -0.1) is 11.3 Å². The van der Waals surface area contributed by atoms with Crippen molar-refractivity contribution in [3.05, 3.63) is 4.88 Å². The number of hydrogen-bond acceptors (Lipinski definition) is 5. The first-order valence-electron chi connectivity index (χ1n) is 6.77. The third-order valence-electron chi connectivity index (χ3n) is 2.92. The highest BCUT2D eigenvalue weighted by atomic mass is 32.1. The fraction of sp³-hybridized carbons (Fsp3) is 0.643. The largest absolute Gasteiger partial charge is 0.492 e. The number of unbranched alkanes of at least 4 members (excludes halogenated alkanes) is 2. The van der Waals surface area contributed by atoms with Gasteiger partial charge in [0, 0.05) is 12.5 Å². The number of anilines is 2. The molecule has 0 aliphatic rings. The van der Waals surface area contributed by atoms with Crippen LogP contribution in [0.25, 0.3) is 0 Å². The van der Waals surface area contributed by atoms with Crippen LogP contribution < -0.4 is 15.8 Å². The Morgan fingerprint density at radius 3 is 2.63 bits per heavy atom. The van der Waals surface area contributed by atoms with Crippen molar-refractivity contribution in [1.29, 1.82) is 0 Å². The van der Waals surface area contributed by atoms with Crippen molar-refractivity contribution in [2.75, 3.05) is 24.7 Å². The van der Waals surface area contributed by atoms with Gasteiger partial charge >= 0.3 is 0 Å². The minimum Gasteiger partial charge on any atom is -0.492 e. The van der Waals surface area contributed by atoms with Crippen LogP contribution in [0.15, 0.2) is 0 Å². The highest BCUT2D eigenvalue weighted by molar-refractivity contribution is 7.19. The highest BCUT2D eigenvalue weighted by Gasteiger charge is 2.23. The van der Waals surface area contributed by atoms with Crippen LogP contribution in [0.5, 0.6) is 5.75 Å². The van der Waals surface area contributed by atoms with E-state index in [0.717, 1.165) is 18.0 Å². The Morgan fingerprint density at radius 1 is 1.42 bits per heavy atom. The molecule has 4 nitrogen and oxygen atoms in total. The van der Waals surface area contributed by atoms with Crippen molar-refractivity contribution in [2.24, 2.45) is 5.92 Å². The first kappa shape index (κ1) is 15.8. The van der Waals surface area contributed by atoms with E-state index in [-0.39, 0.29) is 11.7 Å². The molecule has 0 spiro atoms. The number of carbonyl (C=O) groups is 1. The first-order valence-corrected chi connectivity index (χ1v) is 7.58. The van der Waals surface area contributed by atoms with Gasteiger partial charge < -0.3 is 15.8 Å². The van der Waals surface area contributed by atoms with Crippen LogP contribution in [0.2, 0.25) is 0 Å². The summed E-state index contributed by atoms with van der Waals surface area (Å²) in [5.74, 6) is 0.617. The standard InChI is InChI=1S/C14H24N2O2S/c1-5-6-7-8-16-14-12(18-4)10(15)13(19-14)11(17)9(2)3/h9,16H,5-8,15H2,1-4H3. The van der Waals surface area contributed by atoms with Crippen molar-refractivity contribution in [1.82, 2.24) is 0 Å². The van der Waals surface area contributed by atoms with Crippen LogP contribution in [0.4, 0.5) is 10.7 Å². The fourth-order valence-corrected chi connectivity index (χ4v) is 2.97. The van der Waals surface area contributed by atoms with E-state index in [0.29, 0.717) is 16.3 Å². The lowest BCUT2D eigenvalue weighted by atomic mass is 10.1. The smallest absolute Gasteiger partial charge is 0.177 e. The number of carbonyl (C=O) groups excluding carboxylic acids is 1. The summed E-state index contributed by atoms with van der Waals surface area (Å²) < 4.78 is 5.31. The third kappa shape index (κ3) is 3.86. The summed E-state index contributed by atoms with van der Waals surface area (Å²) in [6, 6.07) is 0. The second-order valence-electron chi connectivity index (χ2n) is 4.86. The SMILES string of the molecule is CCCCCNc1sc(C(=O)C(C)C)c(N)c1OC. The summed E-state index contributed by atoms with van der Waals surface area (Å²) >= 11 is 1.39. The second-order valence-corrected chi connectivity index (χ2v) is 5.88. The van der Waals surface area contributed by atoms with E-state index in [1.165, 1.54) is 24.2 Å². The Balaban J connectivity index is 2.86. The van der Waals surface area contributed by atoms with Gasteiger partial charge in [0.25, 0.3) is 0 Å². The molecule has 1 heterocycles. The van der Waals surface area contributed by atoms with Gasteiger partial charge in [-0.25, -0.2) is 0 Å². The Morgan fingerprint density at radius 2 is 2.11 bits per heavy atom. The summed E-state index contributed by atoms with van der Waals surface area (Å²) in [7, 11) is 1.58. The van der Waals surface area contributed by atoms with E-state index in [1.54, 1.807) is 7.11 Å². The molecule has 0 aromatic carbocycles. The van der Waals surface area contributed by atoms with E-state index >= 15 is 0 Å². The maximum atomic E-state index is 12.1. The molecule has 0 saturated heterocycles. The topological polar surface area (TPSA) is 64.4 Å². The molecule has 5 heteroatoms. The molecule has 0 aliphatic carbocycles. The molecule has 0 unspecified atom stereocenters. The van der Waals surface area contributed by atoms with Gasteiger partial charge in [-0.3, -0.25) is 4.79 Å². The molecule has 0 fully saturated rings. The maximum Gasteiger partial charge on any atom is 0.177 e. The summed E-state index contributed by atoms with van der Waals surface area (Å²) in [5.41, 5.74) is 6.47. The summed E-state index contributed by atoms with van der Waals surface area (Å²) in [5, 5.41) is 4.18. The van der Waals surface area contributed by atoms with Gasteiger partial charge in [-0.05, 0) is 6.42 Å². The van der Waals surface area contributed by atoms with Crippen LogP contribution in [0.3, 0.4) is 0 Å². The van der Waals surface area contributed by atoms with E-state index < -0.39 is 0 Å². The number of nitrogens with two attached hydrogens (primary N) is 1. The third-order valence-corrected chi connectivity index (χ3v) is 4.08. The number of nitrogen functional groups attached to an aromatic ring is 1.